The number of imidazole rings is 1. The molecule has 0 aliphatic rings. The molecule has 19 heavy (non-hydrogen) atoms. The summed E-state index contributed by atoms with van der Waals surface area (Å²) in [6.45, 7) is 2.67. The molecule has 2 aromatic rings. The lowest BCUT2D eigenvalue weighted by Gasteiger charge is -2.06. The number of aryl methyl sites for hydroxylation is 2. The molecule has 6 nitrogen and oxygen atoms in total. The van der Waals surface area contributed by atoms with Gasteiger partial charge in [-0.25, -0.2) is 4.79 Å². The number of fused-ring (bicyclic) bond motifs is 1. The third-order valence-electron chi connectivity index (χ3n) is 2.96. The zero-order chi connectivity index (χ0) is 14.2. The van der Waals surface area contributed by atoms with E-state index in [0.717, 1.165) is 16.1 Å². The fraction of sp³-hybridized carbons (Fsp3) is 0.545. The van der Waals surface area contributed by atoms with Crippen LogP contribution >= 0.6 is 23.4 Å². The Balaban J connectivity index is 2.69. The summed E-state index contributed by atoms with van der Waals surface area (Å²) < 4.78 is 4.08. The summed E-state index contributed by atoms with van der Waals surface area (Å²) in [4.78, 5) is 28.1. The van der Waals surface area contributed by atoms with E-state index in [-0.39, 0.29) is 10.8 Å². The minimum Gasteiger partial charge on any atom is -0.308 e. The summed E-state index contributed by atoms with van der Waals surface area (Å²) >= 11 is 7.83. The number of hydrogen-bond donors (Lipinski definition) is 0. The predicted octanol–water partition coefficient (Wildman–Crippen LogP) is 0.840. The summed E-state index contributed by atoms with van der Waals surface area (Å²) in [5, 5.41) is 0.241. The van der Waals surface area contributed by atoms with Gasteiger partial charge >= 0.3 is 5.69 Å². The van der Waals surface area contributed by atoms with Gasteiger partial charge in [0.25, 0.3) is 5.56 Å². The SMILES string of the molecule is CCSCCn1c(Cl)nc2c1c(=O)n(C)c(=O)n2C. The molecule has 2 heterocycles. The van der Waals surface area contributed by atoms with Gasteiger partial charge in [-0.2, -0.15) is 16.7 Å². The van der Waals surface area contributed by atoms with Crippen LogP contribution in [0.4, 0.5) is 0 Å². The third-order valence-corrected chi connectivity index (χ3v) is 4.13. The molecule has 0 radical (unpaired) electrons. The van der Waals surface area contributed by atoms with E-state index in [1.165, 1.54) is 11.6 Å². The number of thioether (sulfide) groups is 1. The molecule has 0 aromatic carbocycles. The van der Waals surface area contributed by atoms with Crippen LogP contribution in [0.15, 0.2) is 9.59 Å². The topological polar surface area (TPSA) is 61.8 Å². The number of hydrogen-bond acceptors (Lipinski definition) is 4. The standard InChI is InChI=1S/C11H15ClN4O2S/c1-4-19-6-5-16-7-8(13-10(16)12)14(2)11(18)15(3)9(7)17/h4-6H2,1-3H3. The van der Waals surface area contributed by atoms with Gasteiger partial charge in [0.1, 0.15) is 0 Å². The fourth-order valence-corrected chi connectivity index (χ4v) is 2.77. The van der Waals surface area contributed by atoms with Crippen LogP contribution in [0.25, 0.3) is 11.2 Å². The maximum atomic E-state index is 12.2. The van der Waals surface area contributed by atoms with E-state index in [2.05, 4.69) is 11.9 Å². The first-order valence-corrected chi connectivity index (χ1v) is 7.41. The number of aromatic nitrogens is 4. The zero-order valence-electron chi connectivity index (χ0n) is 11.0. The second-order valence-electron chi connectivity index (χ2n) is 4.11. The Morgan fingerprint density at radius 1 is 1.26 bits per heavy atom. The Hall–Kier alpha value is -1.21. The van der Waals surface area contributed by atoms with Crippen molar-refractivity contribution in [2.75, 3.05) is 11.5 Å². The summed E-state index contributed by atoms with van der Waals surface area (Å²) in [6.07, 6.45) is 0. The molecule has 0 aliphatic carbocycles. The maximum absolute atomic E-state index is 12.2. The van der Waals surface area contributed by atoms with Crippen molar-refractivity contribution in [3.05, 3.63) is 26.1 Å². The first-order chi connectivity index (χ1) is 8.99. The Kier molecular flexibility index (Phi) is 4.05. The van der Waals surface area contributed by atoms with Crippen molar-refractivity contribution in [1.82, 2.24) is 18.7 Å². The second kappa shape index (κ2) is 5.42. The zero-order valence-corrected chi connectivity index (χ0v) is 12.6. The van der Waals surface area contributed by atoms with Gasteiger partial charge in [-0.3, -0.25) is 13.9 Å². The highest BCUT2D eigenvalue weighted by Gasteiger charge is 2.17. The smallest absolute Gasteiger partial charge is 0.308 e. The normalized spacial score (nSPS) is 11.4. The summed E-state index contributed by atoms with van der Waals surface area (Å²) in [6, 6.07) is 0. The van der Waals surface area contributed by atoms with Gasteiger partial charge in [0, 0.05) is 26.4 Å². The van der Waals surface area contributed by atoms with E-state index < -0.39 is 5.69 Å². The minimum atomic E-state index is -0.401. The quantitative estimate of drug-likeness (QED) is 0.620. The Morgan fingerprint density at radius 3 is 2.58 bits per heavy atom. The van der Waals surface area contributed by atoms with Crippen LogP contribution in [-0.4, -0.2) is 30.2 Å². The molecule has 0 saturated carbocycles. The second-order valence-corrected chi connectivity index (χ2v) is 5.84. The summed E-state index contributed by atoms with van der Waals surface area (Å²) in [5.74, 6) is 1.84. The molecule has 0 saturated heterocycles. The fourth-order valence-electron chi connectivity index (χ4n) is 1.92. The molecule has 0 amide bonds. The summed E-state index contributed by atoms with van der Waals surface area (Å²) in [5.41, 5.74) is -0.0494. The highest BCUT2D eigenvalue weighted by molar-refractivity contribution is 7.99. The van der Waals surface area contributed by atoms with Crippen LogP contribution in [0.2, 0.25) is 5.28 Å². The van der Waals surface area contributed by atoms with Crippen molar-refractivity contribution in [3.63, 3.8) is 0 Å². The van der Waals surface area contributed by atoms with Crippen molar-refractivity contribution >= 4 is 34.5 Å². The average Bonchev–Trinajstić information content (AvgIpc) is 2.72. The molecule has 0 unspecified atom stereocenters. The number of rotatable bonds is 4. The molecule has 2 rings (SSSR count). The van der Waals surface area contributed by atoms with Crippen LogP contribution in [0.1, 0.15) is 6.92 Å². The van der Waals surface area contributed by atoms with Crippen LogP contribution in [-0.2, 0) is 20.6 Å². The lowest BCUT2D eigenvalue weighted by Crippen LogP contribution is -2.37. The molecule has 8 heteroatoms. The molecular formula is C11H15ClN4O2S. The van der Waals surface area contributed by atoms with E-state index in [4.69, 9.17) is 11.6 Å². The lowest BCUT2D eigenvalue weighted by molar-refractivity contribution is 0.700. The van der Waals surface area contributed by atoms with E-state index in [9.17, 15) is 9.59 Å². The van der Waals surface area contributed by atoms with Crippen LogP contribution in [0, 0.1) is 0 Å². The molecule has 0 fully saturated rings. The van der Waals surface area contributed by atoms with Crippen LogP contribution < -0.4 is 11.2 Å². The van der Waals surface area contributed by atoms with Gasteiger partial charge < -0.3 is 4.57 Å². The van der Waals surface area contributed by atoms with Gasteiger partial charge in [0.15, 0.2) is 11.2 Å². The molecule has 0 aliphatic heterocycles. The van der Waals surface area contributed by atoms with Gasteiger partial charge in [0.2, 0.25) is 5.28 Å². The molecule has 2 aromatic heterocycles. The highest BCUT2D eigenvalue weighted by Crippen LogP contribution is 2.16. The average molecular weight is 303 g/mol. The van der Waals surface area contributed by atoms with Crippen molar-refractivity contribution in [2.45, 2.75) is 13.5 Å². The molecular weight excluding hydrogens is 288 g/mol. The highest BCUT2D eigenvalue weighted by atomic mass is 35.5. The van der Waals surface area contributed by atoms with Gasteiger partial charge in [-0.05, 0) is 17.4 Å². The van der Waals surface area contributed by atoms with Gasteiger partial charge in [-0.1, -0.05) is 6.92 Å². The predicted molar refractivity (Wildman–Crippen MR) is 78.2 cm³/mol. The molecule has 0 N–H and O–H groups in total. The number of halogens is 1. The van der Waals surface area contributed by atoms with Crippen molar-refractivity contribution in [2.24, 2.45) is 14.1 Å². The Bertz CT molecular complexity index is 731. The van der Waals surface area contributed by atoms with Crippen molar-refractivity contribution in [1.29, 1.82) is 0 Å². The van der Waals surface area contributed by atoms with Gasteiger partial charge in [-0.15, -0.1) is 0 Å². The van der Waals surface area contributed by atoms with E-state index in [1.807, 2.05) is 0 Å². The molecule has 0 spiro atoms. The molecule has 104 valence electrons. The first kappa shape index (κ1) is 14.2. The molecule has 0 bridgehead atoms. The van der Waals surface area contributed by atoms with Gasteiger partial charge in [0.05, 0.1) is 0 Å². The molecule has 0 atom stereocenters. The lowest BCUT2D eigenvalue weighted by atomic mass is 10.5. The van der Waals surface area contributed by atoms with Crippen LogP contribution in [0.3, 0.4) is 0 Å². The van der Waals surface area contributed by atoms with E-state index in [1.54, 1.807) is 23.4 Å². The monoisotopic (exact) mass is 302 g/mol. The largest absolute Gasteiger partial charge is 0.332 e. The Labute approximate surface area is 119 Å². The van der Waals surface area contributed by atoms with Crippen molar-refractivity contribution < 1.29 is 0 Å². The summed E-state index contributed by atoms with van der Waals surface area (Å²) in [7, 11) is 3.04. The maximum Gasteiger partial charge on any atom is 0.332 e. The third kappa shape index (κ3) is 2.32. The van der Waals surface area contributed by atoms with E-state index in [0.29, 0.717) is 17.7 Å². The van der Waals surface area contributed by atoms with Crippen LogP contribution in [0.5, 0.6) is 0 Å². The first-order valence-electron chi connectivity index (χ1n) is 5.88. The van der Waals surface area contributed by atoms with E-state index >= 15 is 0 Å². The van der Waals surface area contributed by atoms with Crippen molar-refractivity contribution in [3.8, 4) is 0 Å². The Morgan fingerprint density at radius 2 is 1.95 bits per heavy atom. The minimum absolute atomic E-state index is 0.241. The number of nitrogens with zero attached hydrogens (tertiary/aromatic N) is 4.